The third-order valence-corrected chi connectivity index (χ3v) is 3.97. The van der Waals surface area contributed by atoms with Gasteiger partial charge in [-0.15, -0.1) is 0 Å². The highest BCUT2D eigenvalue weighted by atomic mass is 16.5. The van der Waals surface area contributed by atoms with Gasteiger partial charge in [-0.2, -0.15) is 0 Å². The average molecular weight is 249 g/mol. The van der Waals surface area contributed by atoms with Crippen LogP contribution in [-0.2, 0) is 11.3 Å². The number of likely N-dealkylation sites (N-methyl/N-ethyl adjacent to an activating group) is 1. The first kappa shape index (κ1) is 13.5. The fourth-order valence-corrected chi connectivity index (χ4v) is 2.68. The summed E-state index contributed by atoms with van der Waals surface area (Å²) in [5, 5.41) is 0. The Balaban J connectivity index is 2.10. The van der Waals surface area contributed by atoms with Crippen molar-refractivity contribution in [2.75, 3.05) is 27.3 Å². The van der Waals surface area contributed by atoms with E-state index in [1.807, 2.05) is 18.3 Å². The lowest BCUT2D eigenvalue weighted by Crippen LogP contribution is -2.56. The summed E-state index contributed by atoms with van der Waals surface area (Å²) in [6.07, 6.45) is 4.35. The van der Waals surface area contributed by atoms with E-state index in [1.165, 1.54) is 12.8 Å². The number of nitrogens with two attached hydrogens (primary N) is 1. The van der Waals surface area contributed by atoms with E-state index >= 15 is 0 Å². The molecule has 0 bridgehead atoms. The summed E-state index contributed by atoms with van der Waals surface area (Å²) in [7, 11) is 3.88. The van der Waals surface area contributed by atoms with Crippen molar-refractivity contribution >= 4 is 0 Å². The number of hydrogen-bond acceptors (Lipinski definition) is 4. The van der Waals surface area contributed by atoms with Crippen LogP contribution >= 0.6 is 0 Å². The van der Waals surface area contributed by atoms with Crippen LogP contribution in [-0.4, -0.2) is 42.7 Å². The molecule has 1 aliphatic rings. The van der Waals surface area contributed by atoms with Crippen molar-refractivity contribution in [1.82, 2.24) is 9.88 Å². The van der Waals surface area contributed by atoms with Gasteiger partial charge in [-0.1, -0.05) is 6.07 Å². The maximum atomic E-state index is 6.05. The lowest BCUT2D eigenvalue weighted by Gasteiger charge is -2.41. The number of methoxy groups -OCH3 is 1. The van der Waals surface area contributed by atoms with Crippen LogP contribution in [0, 0.1) is 5.92 Å². The zero-order valence-electron chi connectivity index (χ0n) is 11.3. The first-order chi connectivity index (χ1) is 8.73. The maximum absolute atomic E-state index is 6.05. The maximum Gasteiger partial charge on any atom is 0.0661 e. The Labute approximate surface area is 109 Å². The average Bonchev–Trinajstić information content (AvgIpc) is 3.21. The number of aromatic nitrogens is 1. The highest BCUT2D eigenvalue weighted by Crippen LogP contribution is 2.42. The van der Waals surface area contributed by atoms with Gasteiger partial charge in [0.15, 0.2) is 0 Å². The summed E-state index contributed by atoms with van der Waals surface area (Å²) >= 11 is 0. The van der Waals surface area contributed by atoms with Gasteiger partial charge in [0.25, 0.3) is 0 Å². The van der Waals surface area contributed by atoms with Crippen LogP contribution in [0.1, 0.15) is 18.5 Å². The van der Waals surface area contributed by atoms with Gasteiger partial charge < -0.3 is 10.5 Å². The molecule has 0 spiro atoms. The van der Waals surface area contributed by atoms with Crippen molar-refractivity contribution in [2.24, 2.45) is 11.7 Å². The molecule has 2 N–H and O–H groups in total. The van der Waals surface area contributed by atoms with Gasteiger partial charge in [0, 0.05) is 26.4 Å². The summed E-state index contributed by atoms with van der Waals surface area (Å²) in [5.41, 5.74) is 7.09. The molecule has 1 fully saturated rings. The molecule has 1 aliphatic carbocycles. The molecular weight excluding hydrogens is 226 g/mol. The monoisotopic (exact) mass is 249 g/mol. The Hall–Kier alpha value is -0.970. The van der Waals surface area contributed by atoms with Crippen molar-refractivity contribution in [3.05, 3.63) is 30.1 Å². The molecule has 4 heteroatoms. The number of nitrogens with zero attached hydrogens (tertiary/aromatic N) is 2. The topological polar surface area (TPSA) is 51.4 Å². The minimum atomic E-state index is -0.0354. The molecule has 1 aromatic rings. The van der Waals surface area contributed by atoms with Gasteiger partial charge >= 0.3 is 0 Å². The predicted octanol–water partition coefficient (Wildman–Crippen LogP) is 1.27. The summed E-state index contributed by atoms with van der Waals surface area (Å²) in [6.45, 7) is 2.14. The summed E-state index contributed by atoms with van der Waals surface area (Å²) < 4.78 is 5.42. The second-order valence-corrected chi connectivity index (χ2v) is 5.19. The van der Waals surface area contributed by atoms with Crippen molar-refractivity contribution in [1.29, 1.82) is 0 Å². The van der Waals surface area contributed by atoms with E-state index in [2.05, 4.69) is 23.0 Å². The highest BCUT2D eigenvalue weighted by molar-refractivity contribution is 5.07. The first-order valence-electron chi connectivity index (χ1n) is 6.53. The van der Waals surface area contributed by atoms with Crippen LogP contribution in [0.15, 0.2) is 24.4 Å². The molecule has 4 nitrogen and oxygen atoms in total. The minimum Gasteiger partial charge on any atom is -0.383 e. The molecule has 2 rings (SSSR count). The Morgan fingerprint density at radius 3 is 2.78 bits per heavy atom. The van der Waals surface area contributed by atoms with E-state index in [4.69, 9.17) is 10.5 Å². The largest absolute Gasteiger partial charge is 0.383 e. The molecule has 1 heterocycles. The molecule has 0 aromatic carbocycles. The normalized spacial score (nSPS) is 18.9. The van der Waals surface area contributed by atoms with E-state index in [0.717, 1.165) is 12.2 Å². The number of ether oxygens (including phenoxy) is 1. The van der Waals surface area contributed by atoms with Gasteiger partial charge in [0.1, 0.15) is 0 Å². The molecule has 1 unspecified atom stereocenters. The molecule has 18 heavy (non-hydrogen) atoms. The third kappa shape index (κ3) is 2.71. The Morgan fingerprint density at radius 2 is 2.28 bits per heavy atom. The fourth-order valence-electron chi connectivity index (χ4n) is 2.68. The number of pyridine rings is 1. The third-order valence-electron chi connectivity index (χ3n) is 3.97. The van der Waals surface area contributed by atoms with Crippen molar-refractivity contribution < 1.29 is 4.74 Å². The fraction of sp³-hybridized carbons (Fsp3) is 0.643. The van der Waals surface area contributed by atoms with Gasteiger partial charge in [0.05, 0.1) is 17.8 Å². The Kier molecular flexibility index (Phi) is 4.32. The molecule has 1 aromatic heterocycles. The van der Waals surface area contributed by atoms with E-state index in [9.17, 15) is 0 Å². The molecular formula is C14H23N3O. The van der Waals surface area contributed by atoms with Crippen LogP contribution in [0.3, 0.4) is 0 Å². The van der Waals surface area contributed by atoms with Crippen molar-refractivity contribution in [3.63, 3.8) is 0 Å². The molecule has 0 amide bonds. The zero-order chi connectivity index (χ0) is 13.0. The second-order valence-electron chi connectivity index (χ2n) is 5.19. The lowest BCUT2D eigenvalue weighted by atomic mass is 9.92. The second kappa shape index (κ2) is 5.78. The van der Waals surface area contributed by atoms with Crippen LogP contribution < -0.4 is 5.73 Å². The summed E-state index contributed by atoms with van der Waals surface area (Å²) in [5.74, 6) is 0.663. The van der Waals surface area contributed by atoms with E-state index in [-0.39, 0.29) is 5.54 Å². The molecule has 1 atom stereocenters. The van der Waals surface area contributed by atoms with Crippen LogP contribution in [0.25, 0.3) is 0 Å². The first-order valence-corrected chi connectivity index (χ1v) is 6.53. The van der Waals surface area contributed by atoms with Gasteiger partial charge in [0.2, 0.25) is 0 Å². The quantitative estimate of drug-likeness (QED) is 0.790. The van der Waals surface area contributed by atoms with Crippen LogP contribution in [0.5, 0.6) is 0 Å². The molecule has 0 saturated heterocycles. The molecule has 1 saturated carbocycles. The Bertz CT molecular complexity index is 367. The van der Waals surface area contributed by atoms with E-state index < -0.39 is 0 Å². The van der Waals surface area contributed by atoms with E-state index in [1.54, 1.807) is 7.11 Å². The summed E-state index contributed by atoms with van der Waals surface area (Å²) in [6, 6.07) is 6.01. The minimum absolute atomic E-state index is 0.0354. The Morgan fingerprint density at radius 1 is 1.50 bits per heavy atom. The molecule has 100 valence electrons. The smallest absolute Gasteiger partial charge is 0.0661 e. The SMILES string of the molecule is COCC(CN)(C1CC1)N(C)Cc1ccccn1. The molecule has 0 radical (unpaired) electrons. The summed E-state index contributed by atoms with van der Waals surface area (Å²) in [4.78, 5) is 6.70. The van der Waals surface area contributed by atoms with Crippen LogP contribution in [0.2, 0.25) is 0 Å². The number of rotatable bonds is 7. The lowest BCUT2D eigenvalue weighted by molar-refractivity contribution is 0.00979. The molecule has 0 aliphatic heterocycles. The highest BCUT2D eigenvalue weighted by Gasteiger charge is 2.47. The van der Waals surface area contributed by atoms with Crippen LogP contribution in [0.4, 0.5) is 0 Å². The van der Waals surface area contributed by atoms with Crippen molar-refractivity contribution in [2.45, 2.75) is 24.9 Å². The van der Waals surface area contributed by atoms with E-state index in [0.29, 0.717) is 19.1 Å². The van der Waals surface area contributed by atoms with Gasteiger partial charge in [-0.3, -0.25) is 9.88 Å². The van der Waals surface area contributed by atoms with Gasteiger partial charge in [-0.25, -0.2) is 0 Å². The number of hydrogen-bond donors (Lipinski definition) is 1. The standard InChI is InChI=1S/C14H23N3O/c1-17(9-13-5-3-4-8-16-13)14(10-15,11-18-2)12-6-7-12/h3-5,8,12H,6-7,9-11,15H2,1-2H3. The van der Waals surface area contributed by atoms with Gasteiger partial charge in [-0.05, 0) is 37.9 Å². The zero-order valence-corrected chi connectivity index (χ0v) is 11.3. The van der Waals surface area contributed by atoms with Crippen molar-refractivity contribution in [3.8, 4) is 0 Å². The predicted molar refractivity (Wildman–Crippen MR) is 72.1 cm³/mol.